The molecule has 1 aliphatic carbocycles. The summed E-state index contributed by atoms with van der Waals surface area (Å²) in [7, 11) is 0. The lowest BCUT2D eigenvalue weighted by Crippen LogP contribution is -2.43. The van der Waals surface area contributed by atoms with Gasteiger partial charge in [0.25, 0.3) is 0 Å². The van der Waals surface area contributed by atoms with Gasteiger partial charge in [0.15, 0.2) is 0 Å². The molecule has 0 aromatic heterocycles. The molecule has 2 heteroatoms. The molecule has 0 bridgehead atoms. The van der Waals surface area contributed by atoms with E-state index in [1.54, 1.807) is 0 Å². The molecule has 2 fully saturated rings. The van der Waals surface area contributed by atoms with E-state index in [9.17, 15) is 0 Å². The summed E-state index contributed by atoms with van der Waals surface area (Å²) >= 11 is 0. The van der Waals surface area contributed by atoms with Crippen LogP contribution >= 0.6 is 0 Å². The minimum absolute atomic E-state index is 0.471. The van der Waals surface area contributed by atoms with Gasteiger partial charge in [0.2, 0.25) is 0 Å². The molecule has 0 aromatic rings. The Labute approximate surface area is 119 Å². The fraction of sp³-hybridized carbons (Fsp3) is 1.00. The van der Waals surface area contributed by atoms with Crippen molar-refractivity contribution in [3.8, 4) is 0 Å². The van der Waals surface area contributed by atoms with Gasteiger partial charge in [-0.1, -0.05) is 27.7 Å². The number of nitrogens with one attached hydrogen (secondary N) is 1. The van der Waals surface area contributed by atoms with Gasteiger partial charge < -0.3 is 10.1 Å². The molecular formula is C17H33NO. The van der Waals surface area contributed by atoms with Crippen molar-refractivity contribution < 1.29 is 4.74 Å². The minimum atomic E-state index is 0.471. The van der Waals surface area contributed by atoms with Crippen LogP contribution in [0.1, 0.15) is 66.2 Å². The molecule has 2 aliphatic rings. The van der Waals surface area contributed by atoms with Crippen molar-refractivity contribution in [1.29, 1.82) is 0 Å². The summed E-state index contributed by atoms with van der Waals surface area (Å²) in [6.45, 7) is 12.7. The standard InChI is InChI=1S/C17H33NO/c1-16(2,3)14-5-7-15(8-6-14)18-13-17(4)9-11-19-12-10-17/h14-15,18H,5-13H2,1-4H3. The van der Waals surface area contributed by atoms with Crippen molar-refractivity contribution in [3.63, 3.8) is 0 Å². The molecule has 0 radical (unpaired) electrons. The molecule has 0 amide bonds. The molecule has 1 saturated carbocycles. The molecule has 2 nitrogen and oxygen atoms in total. The zero-order valence-electron chi connectivity index (χ0n) is 13.4. The second-order valence-electron chi connectivity index (χ2n) is 8.22. The Morgan fingerprint density at radius 2 is 1.63 bits per heavy atom. The molecule has 1 N–H and O–H groups in total. The van der Waals surface area contributed by atoms with Crippen LogP contribution in [0.4, 0.5) is 0 Å². The van der Waals surface area contributed by atoms with Crippen molar-refractivity contribution in [2.45, 2.75) is 72.3 Å². The Kier molecular flexibility index (Phi) is 4.94. The molecule has 0 atom stereocenters. The van der Waals surface area contributed by atoms with Crippen LogP contribution in [-0.4, -0.2) is 25.8 Å². The lowest BCUT2D eigenvalue weighted by molar-refractivity contribution is 0.0215. The summed E-state index contributed by atoms with van der Waals surface area (Å²) in [5, 5.41) is 3.85. The van der Waals surface area contributed by atoms with E-state index in [-0.39, 0.29) is 0 Å². The Morgan fingerprint density at radius 3 is 2.16 bits per heavy atom. The first kappa shape index (κ1) is 15.3. The van der Waals surface area contributed by atoms with Crippen molar-refractivity contribution in [2.75, 3.05) is 19.8 Å². The number of hydrogen-bond donors (Lipinski definition) is 1. The average molecular weight is 267 g/mol. The van der Waals surface area contributed by atoms with E-state index >= 15 is 0 Å². The Morgan fingerprint density at radius 1 is 1.05 bits per heavy atom. The predicted octanol–water partition coefficient (Wildman–Crippen LogP) is 4.00. The summed E-state index contributed by atoms with van der Waals surface area (Å²) in [5.74, 6) is 0.921. The summed E-state index contributed by atoms with van der Waals surface area (Å²) in [6, 6.07) is 0.762. The largest absolute Gasteiger partial charge is 0.381 e. The van der Waals surface area contributed by atoms with Crippen LogP contribution in [0.25, 0.3) is 0 Å². The maximum Gasteiger partial charge on any atom is 0.0471 e. The molecule has 0 aromatic carbocycles. The second kappa shape index (κ2) is 6.13. The first-order valence-corrected chi connectivity index (χ1v) is 8.20. The van der Waals surface area contributed by atoms with Gasteiger partial charge in [-0.15, -0.1) is 0 Å². The SMILES string of the molecule is CC1(CNC2CCC(C(C)(C)C)CC2)CCOCC1. The minimum Gasteiger partial charge on any atom is -0.381 e. The van der Waals surface area contributed by atoms with Gasteiger partial charge in [0.05, 0.1) is 0 Å². The van der Waals surface area contributed by atoms with E-state index in [0.717, 1.165) is 25.2 Å². The predicted molar refractivity (Wildman–Crippen MR) is 81.4 cm³/mol. The summed E-state index contributed by atoms with van der Waals surface area (Å²) in [4.78, 5) is 0. The molecule has 0 unspecified atom stereocenters. The Bertz CT molecular complexity index is 267. The van der Waals surface area contributed by atoms with Crippen LogP contribution in [-0.2, 0) is 4.74 Å². The third-order valence-electron chi connectivity index (χ3n) is 5.47. The highest BCUT2D eigenvalue weighted by Crippen LogP contribution is 2.38. The zero-order chi connectivity index (χ0) is 13.9. The quantitative estimate of drug-likeness (QED) is 0.834. The van der Waals surface area contributed by atoms with E-state index in [0.29, 0.717) is 10.8 Å². The highest BCUT2D eigenvalue weighted by molar-refractivity contribution is 4.86. The van der Waals surface area contributed by atoms with Crippen LogP contribution in [0.5, 0.6) is 0 Å². The monoisotopic (exact) mass is 267 g/mol. The van der Waals surface area contributed by atoms with Crippen LogP contribution in [0.3, 0.4) is 0 Å². The zero-order valence-corrected chi connectivity index (χ0v) is 13.4. The van der Waals surface area contributed by atoms with Gasteiger partial charge in [-0.3, -0.25) is 0 Å². The summed E-state index contributed by atoms with van der Waals surface area (Å²) in [5.41, 5.74) is 0.969. The topological polar surface area (TPSA) is 21.3 Å². The number of hydrogen-bond acceptors (Lipinski definition) is 2. The first-order chi connectivity index (χ1) is 8.89. The third kappa shape index (κ3) is 4.46. The van der Waals surface area contributed by atoms with Crippen LogP contribution in [0.2, 0.25) is 0 Å². The van der Waals surface area contributed by atoms with E-state index in [4.69, 9.17) is 4.74 Å². The smallest absolute Gasteiger partial charge is 0.0471 e. The van der Waals surface area contributed by atoms with Gasteiger partial charge in [-0.2, -0.15) is 0 Å². The van der Waals surface area contributed by atoms with Crippen molar-refractivity contribution in [3.05, 3.63) is 0 Å². The summed E-state index contributed by atoms with van der Waals surface area (Å²) in [6.07, 6.45) is 7.99. The maximum atomic E-state index is 5.48. The van der Waals surface area contributed by atoms with Gasteiger partial charge in [-0.05, 0) is 55.3 Å². The molecule has 1 aliphatic heterocycles. The van der Waals surface area contributed by atoms with E-state index in [2.05, 4.69) is 33.0 Å². The Hall–Kier alpha value is -0.0800. The fourth-order valence-electron chi connectivity index (χ4n) is 3.60. The van der Waals surface area contributed by atoms with E-state index in [1.165, 1.54) is 45.1 Å². The molecule has 19 heavy (non-hydrogen) atoms. The third-order valence-corrected chi connectivity index (χ3v) is 5.47. The molecular weight excluding hydrogens is 234 g/mol. The highest BCUT2D eigenvalue weighted by atomic mass is 16.5. The van der Waals surface area contributed by atoms with Gasteiger partial charge in [-0.25, -0.2) is 0 Å². The number of ether oxygens (including phenoxy) is 1. The summed E-state index contributed by atoms with van der Waals surface area (Å²) < 4.78 is 5.48. The lowest BCUT2D eigenvalue weighted by atomic mass is 9.71. The van der Waals surface area contributed by atoms with E-state index in [1.807, 2.05) is 0 Å². The highest BCUT2D eigenvalue weighted by Gasteiger charge is 2.31. The normalized spacial score (nSPS) is 32.2. The molecule has 0 spiro atoms. The van der Waals surface area contributed by atoms with Crippen LogP contribution in [0.15, 0.2) is 0 Å². The number of rotatable bonds is 3. The van der Waals surface area contributed by atoms with E-state index < -0.39 is 0 Å². The van der Waals surface area contributed by atoms with Crippen LogP contribution < -0.4 is 5.32 Å². The lowest BCUT2D eigenvalue weighted by Gasteiger charge is -2.39. The van der Waals surface area contributed by atoms with Crippen molar-refractivity contribution in [2.24, 2.45) is 16.7 Å². The maximum absolute atomic E-state index is 5.48. The Balaban J connectivity index is 1.71. The molecule has 1 saturated heterocycles. The molecule has 1 heterocycles. The average Bonchev–Trinajstić information content (AvgIpc) is 2.37. The van der Waals surface area contributed by atoms with Crippen LogP contribution in [0, 0.1) is 16.7 Å². The molecule has 2 rings (SSSR count). The fourth-order valence-corrected chi connectivity index (χ4v) is 3.60. The van der Waals surface area contributed by atoms with Crippen molar-refractivity contribution in [1.82, 2.24) is 5.32 Å². The molecule has 112 valence electrons. The van der Waals surface area contributed by atoms with Gasteiger partial charge >= 0.3 is 0 Å². The van der Waals surface area contributed by atoms with Crippen molar-refractivity contribution >= 4 is 0 Å². The second-order valence-corrected chi connectivity index (χ2v) is 8.22. The first-order valence-electron chi connectivity index (χ1n) is 8.20. The van der Waals surface area contributed by atoms with Gasteiger partial charge in [0, 0.05) is 25.8 Å². The van der Waals surface area contributed by atoms with Gasteiger partial charge in [0.1, 0.15) is 0 Å².